The standard InChI is InChI=1S/C12H9Cl2N3S/c13-7-1-2-9(10(14)3-7)11-6-18-12-16-5-8(4-15)17(11)12/h1-3,5-6H,4,15H2. The molecule has 3 aromatic rings. The van der Waals surface area contributed by atoms with Gasteiger partial charge in [-0.2, -0.15) is 0 Å². The summed E-state index contributed by atoms with van der Waals surface area (Å²) in [6.45, 7) is 0.441. The lowest BCUT2D eigenvalue weighted by Crippen LogP contribution is -2.01. The largest absolute Gasteiger partial charge is 0.325 e. The number of rotatable bonds is 2. The molecule has 0 fully saturated rings. The second-order valence-electron chi connectivity index (χ2n) is 3.82. The van der Waals surface area contributed by atoms with Crippen molar-refractivity contribution in [1.29, 1.82) is 0 Å². The molecule has 3 rings (SSSR count). The smallest absolute Gasteiger partial charge is 0.194 e. The first-order valence-electron chi connectivity index (χ1n) is 5.30. The fraction of sp³-hybridized carbons (Fsp3) is 0.0833. The molecule has 3 nitrogen and oxygen atoms in total. The van der Waals surface area contributed by atoms with Crippen molar-refractivity contribution >= 4 is 39.5 Å². The number of aromatic nitrogens is 2. The Bertz CT molecular complexity index is 717. The fourth-order valence-electron chi connectivity index (χ4n) is 1.90. The summed E-state index contributed by atoms with van der Waals surface area (Å²) in [6, 6.07) is 5.47. The molecule has 0 aliphatic rings. The molecule has 0 amide bonds. The van der Waals surface area contributed by atoms with E-state index in [1.807, 2.05) is 21.9 Å². The first-order chi connectivity index (χ1) is 8.70. The summed E-state index contributed by atoms with van der Waals surface area (Å²) in [5, 5.41) is 3.27. The zero-order valence-corrected chi connectivity index (χ0v) is 11.6. The van der Waals surface area contributed by atoms with Gasteiger partial charge in [-0.15, -0.1) is 11.3 Å². The van der Waals surface area contributed by atoms with Gasteiger partial charge in [0.15, 0.2) is 4.96 Å². The highest BCUT2D eigenvalue weighted by Crippen LogP contribution is 2.33. The van der Waals surface area contributed by atoms with E-state index in [9.17, 15) is 0 Å². The van der Waals surface area contributed by atoms with Crippen molar-refractivity contribution < 1.29 is 0 Å². The number of nitrogens with zero attached hydrogens (tertiary/aromatic N) is 2. The van der Waals surface area contributed by atoms with Gasteiger partial charge in [-0.1, -0.05) is 23.2 Å². The molecular weight excluding hydrogens is 289 g/mol. The third-order valence-corrected chi connectivity index (χ3v) is 4.12. The Morgan fingerprint density at radius 1 is 1.33 bits per heavy atom. The highest BCUT2D eigenvalue weighted by atomic mass is 35.5. The third-order valence-electron chi connectivity index (χ3n) is 2.74. The van der Waals surface area contributed by atoms with Crippen LogP contribution in [0.3, 0.4) is 0 Å². The highest BCUT2D eigenvalue weighted by molar-refractivity contribution is 7.15. The average molecular weight is 298 g/mol. The van der Waals surface area contributed by atoms with Gasteiger partial charge in [-0.25, -0.2) is 4.98 Å². The molecule has 0 bridgehead atoms. The van der Waals surface area contributed by atoms with Crippen LogP contribution in [0, 0.1) is 0 Å². The average Bonchev–Trinajstić information content (AvgIpc) is 2.90. The van der Waals surface area contributed by atoms with Crippen LogP contribution in [0.15, 0.2) is 29.8 Å². The third kappa shape index (κ3) is 1.82. The van der Waals surface area contributed by atoms with E-state index in [2.05, 4.69) is 4.98 Å². The molecule has 2 aromatic heterocycles. The molecule has 0 atom stereocenters. The molecule has 2 heterocycles. The number of hydrogen-bond acceptors (Lipinski definition) is 3. The number of thiazole rings is 1. The quantitative estimate of drug-likeness (QED) is 0.781. The van der Waals surface area contributed by atoms with Crippen LogP contribution in [0.25, 0.3) is 16.2 Å². The van der Waals surface area contributed by atoms with Gasteiger partial charge < -0.3 is 5.73 Å². The van der Waals surface area contributed by atoms with Crippen LogP contribution in [0.5, 0.6) is 0 Å². The Kier molecular flexibility index (Phi) is 3.03. The maximum atomic E-state index is 6.24. The number of nitrogens with two attached hydrogens (primary N) is 1. The van der Waals surface area contributed by atoms with Gasteiger partial charge >= 0.3 is 0 Å². The molecular formula is C12H9Cl2N3S. The van der Waals surface area contributed by atoms with Gasteiger partial charge in [-0.05, 0) is 18.2 Å². The van der Waals surface area contributed by atoms with Crippen LogP contribution in [0.1, 0.15) is 5.69 Å². The summed E-state index contributed by atoms with van der Waals surface area (Å²) in [5.41, 5.74) is 8.61. The number of imidazole rings is 1. The normalized spacial score (nSPS) is 11.3. The van der Waals surface area contributed by atoms with Gasteiger partial charge in [-0.3, -0.25) is 4.40 Å². The summed E-state index contributed by atoms with van der Waals surface area (Å²) in [5.74, 6) is 0. The Morgan fingerprint density at radius 3 is 2.89 bits per heavy atom. The van der Waals surface area contributed by atoms with Crippen LogP contribution in [-0.2, 0) is 6.54 Å². The second kappa shape index (κ2) is 4.55. The van der Waals surface area contributed by atoms with Crippen molar-refractivity contribution in [1.82, 2.24) is 9.38 Å². The molecule has 1 aromatic carbocycles. The molecule has 92 valence electrons. The van der Waals surface area contributed by atoms with E-state index in [0.717, 1.165) is 21.9 Å². The Labute approximate surface area is 118 Å². The van der Waals surface area contributed by atoms with Crippen LogP contribution in [-0.4, -0.2) is 9.38 Å². The Morgan fingerprint density at radius 2 is 2.17 bits per heavy atom. The van der Waals surface area contributed by atoms with Crippen molar-refractivity contribution in [2.45, 2.75) is 6.54 Å². The van der Waals surface area contributed by atoms with E-state index >= 15 is 0 Å². The lowest BCUT2D eigenvalue weighted by molar-refractivity contribution is 0.971. The number of halogens is 2. The minimum Gasteiger partial charge on any atom is -0.325 e. The number of hydrogen-bond donors (Lipinski definition) is 1. The maximum absolute atomic E-state index is 6.24. The summed E-state index contributed by atoms with van der Waals surface area (Å²) in [6.07, 6.45) is 1.79. The Hall–Kier alpha value is -1.07. The predicted octanol–water partition coefficient (Wildman–Crippen LogP) is 3.83. The predicted molar refractivity (Wildman–Crippen MR) is 76.4 cm³/mol. The van der Waals surface area contributed by atoms with E-state index in [-0.39, 0.29) is 0 Å². The van der Waals surface area contributed by atoms with Crippen molar-refractivity contribution in [3.05, 3.63) is 45.5 Å². The number of benzene rings is 1. The van der Waals surface area contributed by atoms with E-state index in [1.165, 1.54) is 0 Å². The molecule has 0 aliphatic carbocycles. The minimum atomic E-state index is 0.441. The second-order valence-corrected chi connectivity index (χ2v) is 5.50. The van der Waals surface area contributed by atoms with Crippen molar-refractivity contribution in [3.8, 4) is 11.3 Å². The molecule has 0 spiro atoms. The van der Waals surface area contributed by atoms with Gasteiger partial charge in [0.2, 0.25) is 0 Å². The van der Waals surface area contributed by atoms with Crippen LogP contribution in [0.2, 0.25) is 10.0 Å². The highest BCUT2D eigenvalue weighted by Gasteiger charge is 2.13. The fourth-order valence-corrected chi connectivity index (χ4v) is 3.28. The van der Waals surface area contributed by atoms with Gasteiger partial charge in [0.25, 0.3) is 0 Å². The van der Waals surface area contributed by atoms with E-state index in [1.54, 1.807) is 23.6 Å². The first-order valence-corrected chi connectivity index (χ1v) is 6.93. The maximum Gasteiger partial charge on any atom is 0.194 e. The summed E-state index contributed by atoms with van der Waals surface area (Å²) >= 11 is 13.7. The molecule has 0 aliphatic heterocycles. The zero-order chi connectivity index (χ0) is 12.7. The summed E-state index contributed by atoms with van der Waals surface area (Å²) in [4.78, 5) is 5.23. The van der Waals surface area contributed by atoms with Crippen molar-refractivity contribution in [2.24, 2.45) is 5.73 Å². The lowest BCUT2D eigenvalue weighted by atomic mass is 10.2. The summed E-state index contributed by atoms with van der Waals surface area (Å²) in [7, 11) is 0. The monoisotopic (exact) mass is 297 g/mol. The van der Waals surface area contributed by atoms with Gasteiger partial charge in [0.05, 0.1) is 22.6 Å². The minimum absolute atomic E-state index is 0.441. The molecule has 2 N–H and O–H groups in total. The topological polar surface area (TPSA) is 43.3 Å². The van der Waals surface area contributed by atoms with Crippen LogP contribution in [0.4, 0.5) is 0 Å². The lowest BCUT2D eigenvalue weighted by Gasteiger charge is -2.05. The molecule has 6 heteroatoms. The van der Waals surface area contributed by atoms with E-state index in [4.69, 9.17) is 28.9 Å². The van der Waals surface area contributed by atoms with Crippen molar-refractivity contribution in [2.75, 3.05) is 0 Å². The first kappa shape index (κ1) is 12.0. The zero-order valence-electron chi connectivity index (χ0n) is 9.23. The van der Waals surface area contributed by atoms with E-state index < -0.39 is 0 Å². The van der Waals surface area contributed by atoms with Gasteiger partial charge in [0.1, 0.15) is 0 Å². The van der Waals surface area contributed by atoms with E-state index in [0.29, 0.717) is 16.6 Å². The van der Waals surface area contributed by atoms with Gasteiger partial charge in [0, 0.05) is 22.5 Å². The summed E-state index contributed by atoms with van der Waals surface area (Å²) < 4.78 is 2.03. The Balaban J connectivity index is 2.27. The molecule has 0 unspecified atom stereocenters. The van der Waals surface area contributed by atoms with Crippen molar-refractivity contribution in [3.63, 3.8) is 0 Å². The van der Waals surface area contributed by atoms with Crippen LogP contribution >= 0.6 is 34.5 Å². The van der Waals surface area contributed by atoms with Crippen LogP contribution < -0.4 is 5.73 Å². The SMILES string of the molecule is NCc1cnc2scc(-c3ccc(Cl)cc3Cl)n12. The molecule has 0 saturated heterocycles. The molecule has 0 radical (unpaired) electrons. The molecule has 0 saturated carbocycles. The molecule has 18 heavy (non-hydrogen) atoms. The number of fused-ring (bicyclic) bond motifs is 1.